The van der Waals surface area contributed by atoms with Gasteiger partial charge < -0.3 is 10.1 Å². The monoisotopic (exact) mass is 232 g/mol. The van der Waals surface area contributed by atoms with Crippen LogP contribution in [0.15, 0.2) is 18.5 Å². The zero-order chi connectivity index (χ0) is 9.97. The molecule has 1 fully saturated rings. The van der Waals surface area contributed by atoms with E-state index in [-0.39, 0.29) is 11.4 Å². The quantitative estimate of drug-likeness (QED) is 0.794. The van der Waals surface area contributed by atoms with Crippen LogP contribution in [0.1, 0.15) is 0 Å². The Morgan fingerprint density at radius 3 is 3.00 bits per heavy atom. The van der Waals surface area contributed by atoms with Crippen molar-refractivity contribution in [2.75, 3.05) is 18.5 Å². The number of nitrogens with zero attached hydrogens (tertiary/aromatic N) is 1. The van der Waals surface area contributed by atoms with Gasteiger partial charge in [-0.1, -0.05) is 11.6 Å². The molecule has 1 aromatic rings. The van der Waals surface area contributed by atoms with Gasteiger partial charge in [-0.15, -0.1) is 11.6 Å². The number of halogens is 2. The number of aromatic nitrogens is 1. The molecule has 76 valence electrons. The largest absolute Gasteiger partial charge is 0.378 e. The van der Waals surface area contributed by atoms with Crippen molar-refractivity contribution in [2.45, 2.75) is 11.4 Å². The smallest absolute Gasteiger partial charge is 0.0820 e. The van der Waals surface area contributed by atoms with Crippen molar-refractivity contribution in [1.29, 1.82) is 0 Å². The molecule has 0 saturated carbocycles. The number of hydrogen-bond donors (Lipinski definition) is 1. The lowest BCUT2D eigenvalue weighted by molar-refractivity contribution is 0.196. The Labute approximate surface area is 92.4 Å². The number of alkyl halides is 1. The Balaban J connectivity index is 2.07. The second-order valence-corrected chi connectivity index (χ2v) is 4.13. The van der Waals surface area contributed by atoms with Crippen molar-refractivity contribution < 1.29 is 4.74 Å². The molecule has 1 N–H and O–H groups in total. The molecule has 5 heteroatoms. The van der Waals surface area contributed by atoms with Gasteiger partial charge in [0.1, 0.15) is 0 Å². The van der Waals surface area contributed by atoms with Gasteiger partial charge in [0.25, 0.3) is 0 Å². The lowest BCUT2D eigenvalue weighted by atomic mass is 10.2. The molecule has 1 saturated heterocycles. The molecular weight excluding hydrogens is 223 g/mol. The number of nitrogens with one attached hydrogen (secondary N) is 1. The molecule has 1 aliphatic rings. The fourth-order valence-corrected chi connectivity index (χ4v) is 1.75. The van der Waals surface area contributed by atoms with Gasteiger partial charge in [-0.3, -0.25) is 4.98 Å². The topological polar surface area (TPSA) is 34.2 Å². The van der Waals surface area contributed by atoms with Gasteiger partial charge in [0.2, 0.25) is 0 Å². The molecule has 0 aromatic carbocycles. The molecule has 3 nitrogen and oxygen atoms in total. The molecule has 1 aromatic heterocycles. The van der Waals surface area contributed by atoms with Crippen LogP contribution in [0.2, 0.25) is 5.02 Å². The van der Waals surface area contributed by atoms with Crippen LogP contribution >= 0.6 is 23.2 Å². The highest BCUT2D eigenvalue weighted by Gasteiger charge is 2.26. The van der Waals surface area contributed by atoms with Crippen molar-refractivity contribution in [3.8, 4) is 0 Å². The van der Waals surface area contributed by atoms with E-state index in [4.69, 9.17) is 27.9 Å². The van der Waals surface area contributed by atoms with E-state index in [1.54, 1.807) is 12.4 Å². The van der Waals surface area contributed by atoms with Crippen molar-refractivity contribution in [2.24, 2.45) is 0 Å². The summed E-state index contributed by atoms with van der Waals surface area (Å²) in [5.74, 6) is 0. The van der Waals surface area contributed by atoms with Crippen molar-refractivity contribution in [3.05, 3.63) is 23.5 Å². The summed E-state index contributed by atoms with van der Waals surface area (Å²) in [4.78, 5) is 3.90. The van der Waals surface area contributed by atoms with Gasteiger partial charge in [0.15, 0.2) is 0 Å². The molecule has 14 heavy (non-hydrogen) atoms. The summed E-state index contributed by atoms with van der Waals surface area (Å²) in [6.45, 7) is 1.20. The summed E-state index contributed by atoms with van der Waals surface area (Å²) < 4.78 is 5.23. The first-order chi connectivity index (χ1) is 6.77. The maximum atomic E-state index is 6.03. The summed E-state index contributed by atoms with van der Waals surface area (Å²) in [5, 5.41) is 3.83. The van der Waals surface area contributed by atoms with Crippen molar-refractivity contribution >= 4 is 28.9 Å². The minimum atomic E-state index is -0.000711. The maximum absolute atomic E-state index is 6.03. The molecular formula is C9H10Cl2N2O. The van der Waals surface area contributed by atoms with E-state index >= 15 is 0 Å². The highest BCUT2D eigenvalue weighted by atomic mass is 35.5. The van der Waals surface area contributed by atoms with Crippen molar-refractivity contribution in [3.63, 3.8) is 0 Å². The lowest BCUT2D eigenvalue weighted by Crippen LogP contribution is -2.28. The first-order valence-corrected chi connectivity index (χ1v) is 5.16. The molecule has 2 unspecified atom stereocenters. The van der Waals surface area contributed by atoms with Gasteiger partial charge in [0, 0.05) is 12.4 Å². The molecule has 1 aliphatic heterocycles. The van der Waals surface area contributed by atoms with Crippen LogP contribution in [-0.4, -0.2) is 29.6 Å². The minimum absolute atomic E-state index is 0.000711. The predicted octanol–water partition coefficient (Wildman–Crippen LogP) is 2.15. The van der Waals surface area contributed by atoms with Crippen LogP contribution in [0.5, 0.6) is 0 Å². The van der Waals surface area contributed by atoms with E-state index in [2.05, 4.69) is 10.3 Å². The van der Waals surface area contributed by atoms with E-state index in [0.717, 1.165) is 5.69 Å². The van der Waals surface area contributed by atoms with Crippen molar-refractivity contribution in [1.82, 2.24) is 4.98 Å². The molecule has 2 atom stereocenters. The number of rotatable bonds is 2. The number of pyridine rings is 1. The Morgan fingerprint density at radius 2 is 2.36 bits per heavy atom. The molecule has 0 spiro atoms. The first kappa shape index (κ1) is 10.0. The average molecular weight is 233 g/mol. The van der Waals surface area contributed by atoms with E-state index in [0.29, 0.717) is 18.2 Å². The van der Waals surface area contributed by atoms with Crippen LogP contribution < -0.4 is 5.32 Å². The third-order valence-electron chi connectivity index (χ3n) is 2.12. The van der Waals surface area contributed by atoms with E-state index < -0.39 is 0 Å². The van der Waals surface area contributed by atoms with Gasteiger partial charge >= 0.3 is 0 Å². The van der Waals surface area contributed by atoms with Crippen LogP contribution in [0, 0.1) is 0 Å². The van der Waals surface area contributed by atoms with Gasteiger partial charge in [-0.05, 0) is 6.07 Å². The van der Waals surface area contributed by atoms with Crippen LogP contribution in [0.3, 0.4) is 0 Å². The number of anilines is 1. The Kier molecular flexibility index (Phi) is 3.11. The van der Waals surface area contributed by atoms with Gasteiger partial charge in [0.05, 0.1) is 35.3 Å². The number of ether oxygens (including phenoxy) is 1. The zero-order valence-electron chi connectivity index (χ0n) is 7.41. The Hall–Kier alpha value is -0.510. The average Bonchev–Trinajstić information content (AvgIpc) is 2.56. The summed E-state index contributed by atoms with van der Waals surface area (Å²) in [6, 6.07) is 1.95. The van der Waals surface area contributed by atoms with Crippen LogP contribution in [-0.2, 0) is 4.74 Å². The maximum Gasteiger partial charge on any atom is 0.0820 e. The van der Waals surface area contributed by atoms with Crippen LogP contribution in [0.25, 0.3) is 0 Å². The lowest BCUT2D eigenvalue weighted by Gasteiger charge is -2.15. The molecule has 0 bridgehead atoms. The fraction of sp³-hybridized carbons (Fsp3) is 0.444. The molecule has 0 aliphatic carbocycles. The standard InChI is InChI=1S/C9H10Cl2N2O/c10-6-3-12-2-1-8(6)13-9-5-14-4-7(9)11/h1-3,7,9H,4-5H2,(H,12,13). The fourth-order valence-electron chi connectivity index (χ4n) is 1.35. The molecule has 2 rings (SSSR count). The summed E-state index contributed by atoms with van der Waals surface area (Å²) in [7, 11) is 0. The zero-order valence-corrected chi connectivity index (χ0v) is 8.92. The highest BCUT2D eigenvalue weighted by molar-refractivity contribution is 6.33. The third kappa shape index (κ3) is 2.11. The summed E-state index contributed by atoms with van der Waals surface area (Å²) in [5.41, 5.74) is 0.850. The SMILES string of the molecule is Clc1cnccc1NC1COCC1Cl. The Morgan fingerprint density at radius 1 is 1.50 bits per heavy atom. The van der Waals surface area contributed by atoms with E-state index in [9.17, 15) is 0 Å². The third-order valence-corrected chi connectivity index (χ3v) is 2.86. The Bertz CT molecular complexity index is 321. The predicted molar refractivity (Wildman–Crippen MR) is 57.1 cm³/mol. The minimum Gasteiger partial charge on any atom is -0.378 e. The van der Waals surface area contributed by atoms with Crippen LogP contribution in [0.4, 0.5) is 5.69 Å². The molecule has 2 heterocycles. The molecule has 0 radical (unpaired) electrons. The van der Waals surface area contributed by atoms with Gasteiger partial charge in [-0.25, -0.2) is 0 Å². The normalized spacial score (nSPS) is 26.4. The highest BCUT2D eigenvalue weighted by Crippen LogP contribution is 2.23. The van der Waals surface area contributed by atoms with Gasteiger partial charge in [-0.2, -0.15) is 0 Å². The molecule has 0 amide bonds. The van der Waals surface area contributed by atoms with E-state index in [1.807, 2.05) is 6.07 Å². The second kappa shape index (κ2) is 4.34. The summed E-state index contributed by atoms with van der Waals surface area (Å²) >= 11 is 12.0. The van der Waals surface area contributed by atoms with E-state index in [1.165, 1.54) is 0 Å². The first-order valence-electron chi connectivity index (χ1n) is 4.35. The number of hydrogen-bond acceptors (Lipinski definition) is 3. The second-order valence-electron chi connectivity index (χ2n) is 3.16. The summed E-state index contributed by atoms with van der Waals surface area (Å²) in [6.07, 6.45) is 3.29.